The van der Waals surface area contributed by atoms with Crippen LogP contribution in [0.4, 0.5) is 0 Å². The molecule has 1 aromatic rings. The number of aromatic nitrogens is 1. The van der Waals surface area contributed by atoms with Crippen LogP contribution in [0.25, 0.3) is 0 Å². The number of nitrogens with two attached hydrogens (primary N) is 1. The first kappa shape index (κ1) is 13.5. The maximum Gasteiger partial charge on any atom is 0.276 e. The summed E-state index contributed by atoms with van der Waals surface area (Å²) in [5.41, 5.74) is 4.86. The van der Waals surface area contributed by atoms with Crippen molar-refractivity contribution in [3.05, 3.63) is 18.0 Å². The normalized spacial score (nSPS) is 22.7. The zero-order chi connectivity index (χ0) is 13.9. The lowest BCUT2D eigenvalue weighted by atomic mass is 9.92. The minimum Gasteiger partial charge on any atom is -0.382 e. The van der Waals surface area contributed by atoms with Gasteiger partial charge in [0.2, 0.25) is 5.91 Å². The van der Waals surface area contributed by atoms with Crippen LogP contribution in [0, 0.1) is 0 Å². The van der Waals surface area contributed by atoms with Gasteiger partial charge in [-0.1, -0.05) is 5.16 Å². The van der Waals surface area contributed by atoms with Crippen LogP contribution in [0.5, 0.6) is 0 Å². The molecule has 2 amide bonds. The standard InChI is InChI=1S/C12H17N3O4/c1-18-8-12(7-10(13)16)4-2-5-15(12)11(17)9-3-6-19-14-9/h3,6H,2,4-5,7-8H2,1H3,(H2,13,16). The average Bonchev–Trinajstić information content (AvgIpc) is 2.97. The van der Waals surface area contributed by atoms with E-state index in [0.29, 0.717) is 13.0 Å². The molecular weight excluding hydrogens is 250 g/mol. The largest absolute Gasteiger partial charge is 0.382 e. The number of hydrogen-bond donors (Lipinski definition) is 1. The van der Waals surface area contributed by atoms with Crippen LogP contribution < -0.4 is 5.73 Å². The van der Waals surface area contributed by atoms with Crippen molar-refractivity contribution >= 4 is 11.8 Å². The minimum atomic E-state index is -0.670. The van der Waals surface area contributed by atoms with Crippen LogP contribution >= 0.6 is 0 Å². The van der Waals surface area contributed by atoms with Crippen LogP contribution in [0.15, 0.2) is 16.9 Å². The van der Waals surface area contributed by atoms with Crippen molar-refractivity contribution in [1.82, 2.24) is 10.1 Å². The van der Waals surface area contributed by atoms with Gasteiger partial charge in [-0.2, -0.15) is 0 Å². The van der Waals surface area contributed by atoms with E-state index in [4.69, 9.17) is 10.5 Å². The fourth-order valence-corrected chi connectivity index (χ4v) is 2.69. The lowest BCUT2D eigenvalue weighted by Gasteiger charge is -2.36. The van der Waals surface area contributed by atoms with Gasteiger partial charge in [-0.25, -0.2) is 0 Å². The first-order valence-corrected chi connectivity index (χ1v) is 6.09. The highest BCUT2D eigenvalue weighted by Gasteiger charge is 2.45. The second kappa shape index (κ2) is 5.40. The summed E-state index contributed by atoms with van der Waals surface area (Å²) in [6.07, 6.45) is 2.92. The van der Waals surface area contributed by atoms with Crippen LogP contribution in [0.2, 0.25) is 0 Å². The Morgan fingerprint density at radius 3 is 3.00 bits per heavy atom. The van der Waals surface area contributed by atoms with Crippen molar-refractivity contribution in [3.8, 4) is 0 Å². The van der Waals surface area contributed by atoms with Crippen molar-refractivity contribution < 1.29 is 18.8 Å². The van der Waals surface area contributed by atoms with Gasteiger partial charge >= 0.3 is 0 Å². The Balaban J connectivity index is 2.26. The number of likely N-dealkylation sites (tertiary alicyclic amines) is 1. The summed E-state index contributed by atoms with van der Waals surface area (Å²) in [5, 5.41) is 3.64. The molecule has 0 bridgehead atoms. The third-order valence-electron chi connectivity index (χ3n) is 3.41. The van der Waals surface area contributed by atoms with E-state index in [2.05, 4.69) is 9.68 Å². The summed E-state index contributed by atoms with van der Waals surface area (Å²) >= 11 is 0. The molecule has 1 aromatic heterocycles. The second-order valence-electron chi connectivity index (χ2n) is 4.75. The van der Waals surface area contributed by atoms with Gasteiger partial charge in [0.15, 0.2) is 5.69 Å². The summed E-state index contributed by atoms with van der Waals surface area (Å²) in [6.45, 7) is 0.835. The Labute approximate surface area is 110 Å². The highest BCUT2D eigenvalue weighted by molar-refractivity contribution is 5.93. The zero-order valence-electron chi connectivity index (χ0n) is 10.8. The van der Waals surface area contributed by atoms with E-state index in [1.807, 2.05) is 0 Å². The molecule has 0 aliphatic carbocycles. The minimum absolute atomic E-state index is 0.0877. The molecule has 1 saturated heterocycles. The molecule has 2 N–H and O–H groups in total. The van der Waals surface area contributed by atoms with Crippen LogP contribution in [-0.2, 0) is 9.53 Å². The number of hydrogen-bond acceptors (Lipinski definition) is 5. The lowest BCUT2D eigenvalue weighted by Crippen LogP contribution is -2.52. The third kappa shape index (κ3) is 2.60. The van der Waals surface area contributed by atoms with Gasteiger partial charge in [-0.05, 0) is 12.8 Å². The zero-order valence-corrected chi connectivity index (χ0v) is 10.8. The van der Waals surface area contributed by atoms with E-state index >= 15 is 0 Å². The molecule has 0 saturated carbocycles. The summed E-state index contributed by atoms with van der Waals surface area (Å²) in [4.78, 5) is 25.3. The molecule has 2 rings (SSSR count). The van der Waals surface area contributed by atoms with Gasteiger partial charge in [0.25, 0.3) is 5.91 Å². The number of rotatable bonds is 5. The van der Waals surface area contributed by atoms with Crippen molar-refractivity contribution in [1.29, 1.82) is 0 Å². The molecule has 1 fully saturated rings. The maximum atomic E-state index is 12.4. The Hall–Kier alpha value is -1.89. The SMILES string of the molecule is COCC1(CC(N)=O)CCCN1C(=O)c1ccon1. The molecule has 1 atom stereocenters. The Bertz CT molecular complexity index is 460. The average molecular weight is 267 g/mol. The smallest absolute Gasteiger partial charge is 0.276 e. The van der Waals surface area contributed by atoms with Crippen LogP contribution in [0.3, 0.4) is 0 Å². The van der Waals surface area contributed by atoms with Crippen molar-refractivity contribution in [2.45, 2.75) is 24.8 Å². The number of nitrogens with zero attached hydrogens (tertiary/aromatic N) is 2. The summed E-state index contributed by atoms with van der Waals surface area (Å²) in [6, 6.07) is 1.50. The number of amides is 2. The van der Waals surface area contributed by atoms with Gasteiger partial charge in [-0.15, -0.1) is 0 Å². The van der Waals surface area contributed by atoms with Crippen LogP contribution in [-0.4, -0.2) is 47.7 Å². The molecule has 19 heavy (non-hydrogen) atoms. The topological polar surface area (TPSA) is 98.7 Å². The Kier molecular flexibility index (Phi) is 3.84. The fraction of sp³-hybridized carbons (Fsp3) is 0.583. The Morgan fingerprint density at radius 2 is 2.42 bits per heavy atom. The first-order chi connectivity index (χ1) is 9.09. The number of primary amides is 1. The molecule has 1 aliphatic rings. The Morgan fingerprint density at radius 1 is 1.63 bits per heavy atom. The lowest BCUT2D eigenvalue weighted by molar-refractivity contribution is -0.121. The molecule has 0 aromatic carbocycles. The third-order valence-corrected chi connectivity index (χ3v) is 3.41. The van der Waals surface area contributed by atoms with Crippen molar-refractivity contribution in [3.63, 3.8) is 0 Å². The number of carbonyl (C=O) groups is 2. The van der Waals surface area contributed by atoms with Gasteiger partial charge in [0.05, 0.1) is 18.6 Å². The van der Waals surface area contributed by atoms with E-state index in [0.717, 1.165) is 6.42 Å². The predicted molar refractivity (Wildman–Crippen MR) is 65.2 cm³/mol. The monoisotopic (exact) mass is 267 g/mol. The molecule has 7 nitrogen and oxygen atoms in total. The van der Waals surface area contributed by atoms with E-state index in [-0.39, 0.29) is 24.6 Å². The number of carbonyl (C=O) groups excluding carboxylic acids is 2. The summed E-state index contributed by atoms with van der Waals surface area (Å²) < 4.78 is 9.87. The summed E-state index contributed by atoms with van der Waals surface area (Å²) in [7, 11) is 1.54. The van der Waals surface area contributed by atoms with Gasteiger partial charge in [0, 0.05) is 19.7 Å². The molecule has 1 aliphatic heterocycles. The molecule has 7 heteroatoms. The van der Waals surface area contributed by atoms with Crippen molar-refractivity contribution in [2.75, 3.05) is 20.3 Å². The quantitative estimate of drug-likeness (QED) is 0.820. The highest BCUT2D eigenvalue weighted by Crippen LogP contribution is 2.33. The number of methoxy groups -OCH3 is 1. The first-order valence-electron chi connectivity index (χ1n) is 6.09. The molecule has 104 valence electrons. The highest BCUT2D eigenvalue weighted by atomic mass is 16.5. The molecular formula is C12H17N3O4. The van der Waals surface area contributed by atoms with Gasteiger partial charge < -0.3 is 19.9 Å². The van der Waals surface area contributed by atoms with E-state index in [9.17, 15) is 9.59 Å². The van der Waals surface area contributed by atoms with E-state index < -0.39 is 11.4 Å². The fourth-order valence-electron chi connectivity index (χ4n) is 2.69. The molecule has 2 heterocycles. The van der Waals surface area contributed by atoms with E-state index in [1.54, 1.807) is 12.0 Å². The van der Waals surface area contributed by atoms with Gasteiger partial charge in [-0.3, -0.25) is 9.59 Å². The van der Waals surface area contributed by atoms with Crippen molar-refractivity contribution in [2.24, 2.45) is 5.73 Å². The summed E-state index contributed by atoms with van der Waals surface area (Å²) in [5.74, 6) is -0.707. The second-order valence-corrected chi connectivity index (χ2v) is 4.75. The van der Waals surface area contributed by atoms with E-state index in [1.165, 1.54) is 12.3 Å². The number of ether oxygens (including phenoxy) is 1. The van der Waals surface area contributed by atoms with Gasteiger partial charge in [0.1, 0.15) is 6.26 Å². The predicted octanol–water partition coefficient (Wildman–Crippen LogP) is 0.171. The molecule has 0 spiro atoms. The molecule has 1 unspecified atom stereocenters. The van der Waals surface area contributed by atoms with Crippen LogP contribution in [0.1, 0.15) is 29.8 Å². The molecule has 0 radical (unpaired) electrons. The maximum absolute atomic E-state index is 12.4.